The van der Waals surface area contributed by atoms with E-state index in [2.05, 4.69) is 24.0 Å². The predicted molar refractivity (Wildman–Crippen MR) is 99.6 cm³/mol. The highest BCUT2D eigenvalue weighted by Crippen LogP contribution is 2.40. The molecule has 4 aromatic heterocycles. The molecule has 0 aromatic carbocycles. The molecule has 5 nitrogen and oxygen atoms in total. The highest BCUT2D eigenvalue weighted by molar-refractivity contribution is 7.71. The summed E-state index contributed by atoms with van der Waals surface area (Å²) in [6, 6.07) is 0. The van der Waals surface area contributed by atoms with Crippen LogP contribution in [0.15, 0.2) is 6.33 Å². The van der Waals surface area contributed by atoms with Crippen LogP contribution in [0.2, 0.25) is 0 Å². The van der Waals surface area contributed by atoms with Crippen molar-refractivity contribution in [3.05, 3.63) is 27.9 Å². The summed E-state index contributed by atoms with van der Waals surface area (Å²) in [5.74, 6) is 0.443. The Hall–Kier alpha value is -1.86. The predicted octanol–water partition coefficient (Wildman–Crippen LogP) is 4.55. The fourth-order valence-corrected chi connectivity index (χ4v) is 5.17. The molecule has 0 bridgehead atoms. The molecular formula is C17H17N5S2. The standard InChI is InChI=1S/C17H17N5S2/c1-8(2)12-10-6-4-3-5-9(10)11-13-14(24-16(11)19-12)15-20-21-17(23)22(15)7-18-13/h7-8H,3-6H2,1-2H3,(H,21,23). The van der Waals surface area contributed by atoms with Gasteiger partial charge in [0.2, 0.25) is 4.77 Å². The second-order valence-corrected chi connectivity index (χ2v) is 8.13. The molecule has 1 aliphatic rings. The number of hydrogen-bond acceptors (Lipinski definition) is 5. The van der Waals surface area contributed by atoms with Crippen LogP contribution in [0.25, 0.3) is 26.1 Å². The second kappa shape index (κ2) is 5.07. The summed E-state index contributed by atoms with van der Waals surface area (Å²) < 4.78 is 3.48. The van der Waals surface area contributed by atoms with Gasteiger partial charge in [0, 0.05) is 11.1 Å². The fourth-order valence-electron chi connectivity index (χ4n) is 3.84. The number of pyridine rings is 1. The number of H-pyrrole nitrogens is 1. The zero-order valence-electron chi connectivity index (χ0n) is 13.6. The summed E-state index contributed by atoms with van der Waals surface area (Å²) in [5, 5.41) is 8.51. The molecule has 24 heavy (non-hydrogen) atoms. The maximum absolute atomic E-state index is 5.28. The van der Waals surface area contributed by atoms with Gasteiger partial charge in [-0.05, 0) is 54.9 Å². The first-order valence-electron chi connectivity index (χ1n) is 8.34. The van der Waals surface area contributed by atoms with Crippen molar-refractivity contribution in [2.24, 2.45) is 0 Å². The second-order valence-electron chi connectivity index (χ2n) is 6.74. The van der Waals surface area contributed by atoms with Crippen molar-refractivity contribution in [2.45, 2.75) is 45.4 Å². The van der Waals surface area contributed by atoms with Gasteiger partial charge in [0.25, 0.3) is 0 Å². The van der Waals surface area contributed by atoms with E-state index in [1.807, 2.05) is 4.40 Å². The molecule has 1 aliphatic carbocycles. The lowest BCUT2D eigenvalue weighted by Crippen LogP contribution is -2.10. The summed E-state index contributed by atoms with van der Waals surface area (Å²) >= 11 is 6.96. The lowest BCUT2D eigenvalue weighted by atomic mass is 9.86. The van der Waals surface area contributed by atoms with Crippen LogP contribution >= 0.6 is 23.6 Å². The smallest absolute Gasteiger partial charge is 0.200 e. The van der Waals surface area contributed by atoms with E-state index >= 15 is 0 Å². The first kappa shape index (κ1) is 14.5. The van der Waals surface area contributed by atoms with Gasteiger partial charge in [0.15, 0.2) is 5.65 Å². The van der Waals surface area contributed by atoms with Crippen LogP contribution < -0.4 is 0 Å². The van der Waals surface area contributed by atoms with Gasteiger partial charge in [-0.2, -0.15) is 5.10 Å². The molecule has 0 fully saturated rings. The van der Waals surface area contributed by atoms with Crippen LogP contribution in [0.3, 0.4) is 0 Å². The van der Waals surface area contributed by atoms with Crippen molar-refractivity contribution >= 4 is 49.6 Å². The molecule has 0 unspecified atom stereocenters. The zero-order valence-corrected chi connectivity index (χ0v) is 15.2. The number of aryl methyl sites for hydroxylation is 1. The van der Waals surface area contributed by atoms with Crippen molar-refractivity contribution in [1.82, 2.24) is 24.6 Å². The number of hydrogen-bond donors (Lipinski definition) is 1. The van der Waals surface area contributed by atoms with Crippen LogP contribution in [-0.4, -0.2) is 24.6 Å². The van der Waals surface area contributed by atoms with E-state index in [1.165, 1.54) is 35.0 Å². The third kappa shape index (κ3) is 1.85. The largest absolute Gasteiger partial charge is 0.257 e. The van der Waals surface area contributed by atoms with Gasteiger partial charge in [-0.3, -0.25) is 9.50 Å². The SMILES string of the molecule is CC(C)c1nc2sc3c(ncn4c(=S)[nH]nc34)c2c2c1CCCC2. The quantitative estimate of drug-likeness (QED) is 0.509. The maximum Gasteiger partial charge on any atom is 0.200 e. The maximum atomic E-state index is 5.28. The van der Waals surface area contributed by atoms with Crippen LogP contribution in [-0.2, 0) is 12.8 Å². The number of thiophene rings is 1. The highest BCUT2D eigenvalue weighted by Gasteiger charge is 2.24. The Morgan fingerprint density at radius 2 is 2.04 bits per heavy atom. The Bertz CT molecular complexity index is 1160. The Kier molecular flexibility index (Phi) is 3.06. The molecule has 0 saturated heterocycles. The number of nitrogens with zero attached hydrogens (tertiary/aromatic N) is 4. The van der Waals surface area contributed by atoms with E-state index in [9.17, 15) is 0 Å². The lowest BCUT2D eigenvalue weighted by molar-refractivity contribution is 0.667. The van der Waals surface area contributed by atoms with Gasteiger partial charge in [-0.1, -0.05) is 13.8 Å². The molecule has 4 aromatic rings. The van der Waals surface area contributed by atoms with E-state index in [4.69, 9.17) is 22.2 Å². The highest BCUT2D eigenvalue weighted by atomic mass is 32.1. The lowest BCUT2D eigenvalue weighted by Gasteiger charge is -2.21. The number of aromatic nitrogens is 5. The number of fused-ring (bicyclic) bond motifs is 7. The van der Waals surface area contributed by atoms with Crippen molar-refractivity contribution < 1.29 is 0 Å². The molecule has 122 valence electrons. The minimum absolute atomic E-state index is 0.443. The third-order valence-electron chi connectivity index (χ3n) is 4.92. The van der Waals surface area contributed by atoms with Crippen molar-refractivity contribution in [2.75, 3.05) is 0 Å². The number of rotatable bonds is 1. The van der Waals surface area contributed by atoms with Gasteiger partial charge in [-0.25, -0.2) is 9.97 Å². The van der Waals surface area contributed by atoms with Crippen LogP contribution in [0.1, 0.15) is 49.4 Å². The summed E-state index contributed by atoms with van der Waals surface area (Å²) in [5.41, 5.74) is 6.07. The monoisotopic (exact) mass is 355 g/mol. The Labute approximate surface area is 147 Å². The molecule has 7 heteroatoms. The Morgan fingerprint density at radius 1 is 1.25 bits per heavy atom. The van der Waals surface area contributed by atoms with E-state index in [0.717, 1.165) is 33.5 Å². The summed E-state index contributed by atoms with van der Waals surface area (Å²) in [4.78, 5) is 10.9. The van der Waals surface area contributed by atoms with Crippen molar-refractivity contribution in [3.8, 4) is 0 Å². The molecule has 4 heterocycles. The van der Waals surface area contributed by atoms with Gasteiger partial charge >= 0.3 is 0 Å². The minimum Gasteiger partial charge on any atom is -0.257 e. The number of nitrogens with one attached hydrogen (secondary N) is 1. The molecule has 0 aliphatic heterocycles. The molecule has 0 saturated carbocycles. The van der Waals surface area contributed by atoms with Crippen LogP contribution in [0, 0.1) is 4.77 Å². The first-order chi connectivity index (χ1) is 11.6. The van der Waals surface area contributed by atoms with Crippen molar-refractivity contribution in [3.63, 3.8) is 0 Å². The Balaban J connectivity index is 1.99. The fraction of sp³-hybridized carbons (Fsp3) is 0.412. The van der Waals surface area contributed by atoms with E-state index in [-0.39, 0.29) is 0 Å². The first-order valence-corrected chi connectivity index (χ1v) is 9.57. The molecule has 0 amide bonds. The van der Waals surface area contributed by atoms with E-state index < -0.39 is 0 Å². The van der Waals surface area contributed by atoms with Gasteiger partial charge in [0.1, 0.15) is 15.9 Å². The topological polar surface area (TPSA) is 58.9 Å². The Morgan fingerprint density at radius 3 is 2.83 bits per heavy atom. The average molecular weight is 355 g/mol. The third-order valence-corrected chi connectivity index (χ3v) is 6.28. The summed E-state index contributed by atoms with van der Waals surface area (Å²) in [7, 11) is 0. The van der Waals surface area contributed by atoms with Gasteiger partial charge in [-0.15, -0.1) is 11.3 Å². The van der Waals surface area contributed by atoms with Crippen LogP contribution in [0.4, 0.5) is 0 Å². The number of aromatic amines is 1. The van der Waals surface area contributed by atoms with E-state index in [1.54, 1.807) is 17.7 Å². The molecule has 1 N–H and O–H groups in total. The average Bonchev–Trinajstić information content (AvgIpc) is 3.14. The minimum atomic E-state index is 0.443. The molecule has 5 rings (SSSR count). The van der Waals surface area contributed by atoms with Gasteiger partial charge in [0.05, 0.1) is 5.52 Å². The summed E-state index contributed by atoms with van der Waals surface area (Å²) in [6.45, 7) is 4.47. The molecule has 0 spiro atoms. The van der Waals surface area contributed by atoms with E-state index in [0.29, 0.717) is 10.7 Å². The normalized spacial score (nSPS) is 15.0. The van der Waals surface area contributed by atoms with Crippen molar-refractivity contribution in [1.29, 1.82) is 0 Å². The van der Waals surface area contributed by atoms with Crippen LogP contribution in [0.5, 0.6) is 0 Å². The molecule has 0 radical (unpaired) electrons. The molecule has 0 atom stereocenters. The van der Waals surface area contributed by atoms with Gasteiger partial charge < -0.3 is 0 Å². The molecular weight excluding hydrogens is 338 g/mol. The summed E-state index contributed by atoms with van der Waals surface area (Å²) in [6.07, 6.45) is 6.55. The zero-order chi connectivity index (χ0) is 16.4.